The van der Waals surface area contributed by atoms with Crippen molar-refractivity contribution in [2.75, 3.05) is 0 Å². The van der Waals surface area contributed by atoms with Crippen LogP contribution in [0.4, 0.5) is 4.39 Å². The Morgan fingerprint density at radius 3 is 2.58 bits per heavy atom. The molecular weight excluding hydrogens is 177 g/mol. The van der Waals surface area contributed by atoms with Gasteiger partial charge in [0.25, 0.3) is 0 Å². The van der Waals surface area contributed by atoms with Gasteiger partial charge < -0.3 is 5.73 Å². The maximum Gasteiger partial charge on any atom is 0.125 e. The van der Waals surface area contributed by atoms with Crippen molar-refractivity contribution in [3.63, 3.8) is 0 Å². The van der Waals surface area contributed by atoms with Crippen LogP contribution in [-0.2, 0) is 0 Å². The molecule has 0 fully saturated rings. The molecule has 1 nitrogen and oxygen atoms in total. The molecule has 1 unspecified atom stereocenters. The summed E-state index contributed by atoms with van der Waals surface area (Å²) < 4.78 is 12.8. The summed E-state index contributed by atoms with van der Waals surface area (Å²) in [4.78, 5) is 0. The van der Waals surface area contributed by atoms with Gasteiger partial charge in [0.1, 0.15) is 5.82 Å². The first-order chi connectivity index (χ1) is 5.52. The first kappa shape index (κ1) is 9.49. The Bertz CT molecular complexity index is 297. The lowest BCUT2D eigenvalue weighted by molar-refractivity contribution is 0.621. The molecule has 0 aliphatic heterocycles. The minimum Gasteiger partial charge on any atom is -0.324 e. The highest BCUT2D eigenvalue weighted by molar-refractivity contribution is 6.31. The van der Waals surface area contributed by atoms with Gasteiger partial charge in [-0.1, -0.05) is 11.6 Å². The summed E-state index contributed by atoms with van der Waals surface area (Å²) in [5.74, 6) is -0.335. The fourth-order valence-corrected chi connectivity index (χ4v) is 1.35. The van der Waals surface area contributed by atoms with Crippen LogP contribution in [0.15, 0.2) is 12.1 Å². The Morgan fingerprint density at radius 1 is 1.50 bits per heavy atom. The fourth-order valence-electron chi connectivity index (χ4n) is 1.14. The van der Waals surface area contributed by atoms with E-state index in [0.29, 0.717) is 5.02 Å². The van der Waals surface area contributed by atoms with Crippen LogP contribution < -0.4 is 5.73 Å². The van der Waals surface area contributed by atoms with Gasteiger partial charge in [-0.15, -0.1) is 0 Å². The van der Waals surface area contributed by atoms with E-state index in [2.05, 4.69) is 0 Å². The molecule has 66 valence electrons. The number of hydrogen-bond acceptors (Lipinski definition) is 1. The van der Waals surface area contributed by atoms with Gasteiger partial charge in [0.2, 0.25) is 0 Å². The Kier molecular flexibility index (Phi) is 2.70. The van der Waals surface area contributed by atoms with Crippen molar-refractivity contribution in [1.29, 1.82) is 0 Å². The van der Waals surface area contributed by atoms with E-state index in [4.69, 9.17) is 17.3 Å². The molecule has 0 heterocycles. The molecule has 0 aliphatic carbocycles. The van der Waals surface area contributed by atoms with E-state index in [1.807, 2.05) is 6.92 Å². The molecule has 0 spiro atoms. The molecule has 1 rings (SSSR count). The number of hydrogen-bond donors (Lipinski definition) is 1. The van der Waals surface area contributed by atoms with Crippen molar-refractivity contribution in [3.8, 4) is 0 Å². The predicted molar refractivity (Wildman–Crippen MR) is 48.7 cm³/mol. The summed E-state index contributed by atoms with van der Waals surface area (Å²) in [6.45, 7) is 3.64. The van der Waals surface area contributed by atoms with Gasteiger partial charge in [-0.2, -0.15) is 0 Å². The highest BCUT2D eigenvalue weighted by Crippen LogP contribution is 2.24. The van der Waals surface area contributed by atoms with Gasteiger partial charge in [-0.25, -0.2) is 4.39 Å². The summed E-state index contributed by atoms with van der Waals surface area (Å²) >= 11 is 5.77. The topological polar surface area (TPSA) is 26.0 Å². The number of nitrogens with two attached hydrogens (primary N) is 1. The standard InChI is InChI=1S/C9H11ClFN/c1-5-8(6(2)12)3-7(11)4-9(5)10/h3-4,6H,12H2,1-2H3. The van der Waals surface area contributed by atoms with Crippen LogP contribution >= 0.6 is 11.6 Å². The van der Waals surface area contributed by atoms with Crippen LogP contribution in [0.3, 0.4) is 0 Å². The SMILES string of the molecule is Cc1c(Cl)cc(F)cc1C(C)N. The summed E-state index contributed by atoms with van der Waals surface area (Å²) in [6, 6.07) is 2.53. The van der Waals surface area contributed by atoms with Crippen LogP contribution in [-0.4, -0.2) is 0 Å². The van der Waals surface area contributed by atoms with Crippen molar-refractivity contribution in [3.05, 3.63) is 34.1 Å². The first-order valence-corrected chi connectivity index (χ1v) is 4.11. The van der Waals surface area contributed by atoms with Gasteiger partial charge in [0, 0.05) is 11.1 Å². The molecule has 12 heavy (non-hydrogen) atoms. The molecule has 0 saturated heterocycles. The Balaban J connectivity index is 3.28. The minimum absolute atomic E-state index is 0.182. The van der Waals surface area contributed by atoms with Crippen molar-refractivity contribution in [1.82, 2.24) is 0 Å². The normalized spacial score (nSPS) is 13.1. The first-order valence-electron chi connectivity index (χ1n) is 3.73. The molecule has 0 aliphatic rings. The Hall–Kier alpha value is -0.600. The molecule has 1 aromatic rings. The summed E-state index contributed by atoms with van der Waals surface area (Å²) in [5.41, 5.74) is 7.25. The molecular formula is C9H11ClFN. The lowest BCUT2D eigenvalue weighted by atomic mass is 10.0. The highest BCUT2D eigenvalue weighted by atomic mass is 35.5. The van der Waals surface area contributed by atoms with Crippen molar-refractivity contribution < 1.29 is 4.39 Å². The zero-order valence-electron chi connectivity index (χ0n) is 7.07. The van der Waals surface area contributed by atoms with E-state index >= 15 is 0 Å². The van der Waals surface area contributed by atoms with Crippen molar-refractivity contribution in [2.45, 2.75) is 19.9 Å². The third kappa shape index (κ3) is 1.76. The fraction of sp³-hybridized carbons (Fsp3) is 0.333. The number of benzene rings is 1. The average Bonchev–Trinajstić information content (AvgIpc) is 1.96. The zero-order chi connectivity index (χ0) is 9.30. The molecule has 0 amide bonds. The van der Waals surface area contributed by atoms with E-state index < -0.39 is 0 Å². The smallest absolute Gasteiger partial charge is 0.125 e. The Labute approximate surface area is 76.3 Å². The van der Waals surface area contributed by atoms with E-state index in [1.54, 1.807) is 6.92 Å². The maximum absolute atomic E-state index is 12.8. The molecule has 0 aromatic heterocycles. The van der Waals surface area contributed by atoms with E-state index in [0.717, 1.165) is 11.1 Å². The van der Waals surface area contributed by atoms with Crippen molar-refractivity contribution in [2.24, 2.45) is 5.73 Å². The third-order valence-corrected chi connectivity index (χ3v) is 2.23. The van der Waals surface area contributed by atoms with E-state index in [1.165, 1.54) is 12.1 Å². The largest absolute Gasteiger partial charge is 0.324 e. The Morgan fingerprint density at radius 2 is 2.08 bits per heavy atom. The monoisotopic (exact) mass is 187 g/mol. The van der Waals surface area contributed by atoms with Gasteiger partial charge in [0.15, 0.2) is 0 Å². The second-order valence-electron chi connectivity index (χ2n) is 2.89. The summed E-state index contributed by atoms with van der Waals surface area (Å²) in [6.07, 6.45) is 0. The van der Waals surface area contributed by atoms with Gasteiger partial charge >= 0.3 is 0 Å². The lowest BCUT2D eigenvalue weighted by Gasteiger charge is -2.10. The summed E-state index contributed by atoms with van der Waals surface area (Å²) in [7, 11) is 0. The molecule has 3 heteroatoms. The second kappa shape index (κ2) is 3.42. The van der Waals surface area contributed by atoms with Gasteiger partial charge in [-0.05, 0) is 37.1 Å². The van der Waals surface area contributed by atoms with Crippen LogP contribution in [0.1, 0.15) is 24.1 Å². The van der Waals surface area contributed by atoms with Crippen LogP contribution in [0.2, 0.25) is 5.02 Å². The quantitative estimate of drug-likeness (QED) is 0.719. The van der Waals surface area contributed by atoms with Crippen LogP contribution in [0.5, 0.6) is 0 Å². The highest BCUT2D eigenvalue weighted by Gasteiger charge is 2.08. The van der Waals surface area contributed by atoms with Crippen LogP contribution in [0, 0.1) is 12.7 Å². The summed E-state index contributed by atoms with van der Waals surface area (Å²) in [5, 5.41) is 0.433. The second-order valence-corrected chi connectivity index (χ2v) is 3.30. The number of halogens is 2. The molecule has 0 saturated carbocycles. The van der Waals surface area contributed by atoms with E-state index in [9.17, 15) is 4.39 Å². The third-order valence-electron chi connectivity index (χ3n) is 1.84. The predicted octanol–water partition coefficient (Wildman–Crippen LogP) is 2.81. The van der Waals surface area contributed by atoms with Crippen molar-refractivity contribution >= 4 is 11.6 Å². The molecule has 2 N–H and O–H groups in total. The van der Waals surface area contributed by atoms with Crippen LogP contribution in [0.25, 0.3) is 0 Å². The zero-order valence-corrected chi connectivity index (χ0v) is 7.82. The van der Waals surface area contributed by atoms with Gasteiger partial charge in [0.05, 0.1) is 0 Å². The molecule has 1 aromatic carbocycles. The average molecular weight is 188 g/mol. The molecule has 0 bridgehead atoms. The molecule has 1 atom stereocenters. The minimum atomic E-state index is -0.335. The van der Waals surface area contributed by atoms with E-state index in [-0.39, 0.29) is 11.9 Å². The number of rotatable bonds is 1. The maximum atomic E-state index is 12.8. The van der Waals surface area contributed by atoms with Gasteiger partial charge in [-0.3, -0.25) is 0 Å². The molecule has 0 radical (unpaired) electrons. The lowest BCUT2D eigenvalue weighted by Crippen LogP contribution is -2.07.